The summed E-state index contributed by atoms with van der Waals surface area (Å²) in [6.45, 7) is 11.5. The van der Waals surface area contributed by atoms with Crippen LogP contribution in [0.4, 0.5) is 0 Å². The molecule has 3 heteroatoms. The summed E-state index contributed by atoms with van der Waals surface area (Å²) in [5.41, 5.74) is 0.276. The summed E-state index contributed by atoms with van der Waals surface area (Å²) in [6, 6.07) is 10.4. The summed E-state index contributed by atoms with van der Waals surface area (Å²) in [5.74, 6) is 0.512. The molecule has 0 aliphatic heterocycles. The smallest absolute Gasteiger partial charge is 0.0913 e. The van der Waals surface area contributed by atoms with Crippen molar-refractivity contribution in [3.05, 3.63) is 47.5 Å². The highest BCUT2D eigenvalue weighted by Gasteiger charge is 2.66. The SMILES string of the molecule is CC1=CCC[C@](C)(O)[C@H]2C[C@@]3(C)CC[C@@](OCc4ccccc4)(C(C)C)[C@@H]3C[C@]12O. The van der Waals surface area contributed by atoms with E-state index in [1.807, 2.05) is 13.0 Å². The lowest BCUT2D eigenvalue weighted by Gasteiger charge is -2.57. The molecule has 0 saturated heterocycles. The predicted octanol–water partition coefficient (Wildman–Crippen LogP) is 5.65. The molecule has 3 aliphatic carbocycles. The van der Waals surface area contributed by atoms with Gasteiger partial charge >= 0.3 is 0 Å². The van der Waals surface area contributed by atoms with Crippen molar-refractivity contribution in [1.29, 1.82) is 0 Å². The second-order valence-corrected chi connectivity index (χ2v) is 11.3. The molecule has 0 amide bonds. The fourth-order valence-corrected chi connectivity index (χ4v) is 7.10. The van der Waals surface area contributed by atoms with E-state index in [4.69, 9.17) is 4.74 Å². The molecule has 2 saturated carbocycles. The van der Waals surface area contributed by atoms with Gasteiger partial charge in [0.2, 0.25) is 0 Å². The third kappa shape index (κ3) is 3.38. The first-order valence-corrected chi connectivity index (χ1v) is 11.8. The molecule has 3 aliphatic rings. The number of benzene rings is 1. The van der Waals surface area contributed by atoms with Crippen LogP contribution in [0.1, 0.15) is 78.7 Å². The maximum absolute atomic E-state index is 12.1. The van der Waals surface area contributed by atoms with Crippen molar-refractivity contribution in [3.63, 3.8) is 0 Å². The third-order valence-corrected chi connectivity index (χ3v) is 9.14. The number of rotatable bonds is 4. The van der Waals surface area contributed by atoms with Crippen LogP contribution in [-0.4, -0.2) is 27.0 Å². The van der Waals surface area contributed by atoms with Crippen molar-refractivity contribution in [2.45, 2.75) is 96.6 Å². The Morgan fingerprint density at radius 2 is 1.70 bits per heavy atom. The van der Waals surface area contributed by atoms with Crippen LogP contribution in [-0.2, 0) is 11.3 Å². The van der Waals surface area contributed by atoms with Crippen molar-refractivity contribution in [2.24, 2.45) is 23.2 Å². The Kier molecular flexibility index (Phi) is 5.48. The van der Waals surface area contributed by atoms with E-state index in [9.17, 15) is 10.2 Å². The molecule has 0 heterocycles. The zero-order chi connectivity index (χ0) is 21.8. The molecule has 0 radical (unpaired) electrons. The van der Waals surface area contributed by atoms with Crippen LogP contribution in [0.2, 0.25) is 0 Å². The molecule has 3 nitrogen and oxygen atoms in total. The van der Waals surface area contributed by atoms with Gasteiger partial charge in [0.15, 0.2) is 0 Å². The second-order valence-electron chi connectivity index (χ2n) is 11.3. The van der Waals surface area contributed by atoms with Crippen LogP contribution >= 0.6 is 0 Å². The highest BCUT2D eigenvalue weighted by atomic mass is 16.5. The minimum absolute atomic E-state index is 0.0759. The molecule has 0 spiro atoms. The van der Waals surface area contributed by atoms with Gasteiger partial charge in [-0.25, -0.2) is 0 Å². The number of ether oxygens (including phenoxy) is 1. The lowest BCUT2D eigenvalue weighted by Crippen LogP contribution is -2.60. The summed E-state index contributed by atoms with van der Waals surface area (Å²) in [4.78, 5) is 0. The van der Waals surface area contributed by atoms with Gasteiger partial charge < -0.3 is 14.9 Å². The van der Waals surface area contributed by atoms with E-state index in [1.54, 1.807) is 0 Å². The van der Waals surface area contributed by atoms with Gasteiger partial charge in [-0.3, -0.25) is 0 Å². The van der Waals surface area contributed by atoms with Crippen molar-refractivity contribution in [1.82, 2.24) is 0 Å². The van der Waals surface area contributed by atoms with Gasteiger partial charge in [0, 0.05) is 5.92 Å². The zero-order valence-corrected chi connectivity index (χ0v) is 19.4. The number of fused-ring (bicyclic) bond motifs is 2. The Morgan fingerprint density at radius 3 is 2.37 bits per heavy atom. The molecule has 1 aromatic rings. The fourth-order valence-electron chi connectivity index (χ4n) is 7.10. The van der Waals surface area contributed by atoms with Crippen molar-refractivity contribution in [3.8, 4) is 0 Å². The van der Waals surface area contributed by atoms with Crippen LogP contribution in [0.5, 0.6) is 0 Å². The minimum atomic E-state index is -0.954. The Balaban J connectivity index is 1.70. The largest absolute Gasteiger partial charge is 0.390 e. The van der Waals surface area contributed by atoms with Crippen LogP contribution < -0.4 is 0 Å². The van der Waals surface area contributed by atoms with E-state index in [0.29, 0.717) is 18.9 Å². The van der Waals surface area contributed by atoms with Gasteiger partial charge in [0.05, 0.1) is 23.4 Å². The van der Waals surface area contributed by atoms with E-state index < -0.39 is 11.2 Å². The summed E-state index contributed by atoms with van der Waals surface area (Å²) in [6.07, 6.45) is 7.36. The maximum Gasteiger partial charge on any atom is 0.0913 e. The molecule has 0 aromatic heterocycles. The molecule has 0 unspecified atom stereocenters. The van der Waals surface area contributed by atoms with Gasteiger partial charge in [-0.2, -0.15) is 0 Å². The molecule has 1 aromatic carbocycles. The lowest BCUT2D eigenvalue weighted by atomic mass is 9.52. The summed E-state index contributed by atoms with van der Waals surface area (Å²) in [7, 11) is 0. The molecule has 6 atom stereocenters. The molecule has 2 N–H and O–H groups in total. The third-order valence-electron chi connectivity index (χ3n) is 9.14. The average molecular weight is 413 g/mol. The topological polar surface area (TPSA) is 49.7 Å². The average Bonchev–Trinajstić information content (AvgIpc) is 2.95. The van der Waals surface area contributed by atoms with Crippen LogP contribution in [0.15, 0.2) is 42.0 Å². The highest BCUT2D eigenvalue weighted by molar-refractivity contribution is 5.27. The summed E-state index contributed by atoms with van der Waals surface area (Å²) < 4.78 is 6.82. The van der Waals surface area contributed by atoms with Gasteiger partial charge in [-0.15, -0.1) is 0 Å². The van der Waals surface area contributed by atoms with E-state index in [1.165, 1.54) is 5.56 Å². The van der Waals surface area contributed by atoms with Crippen LogP contribution in [0, 0.1) is 23.2 Å². The number of hydrogen-bond acceptors (Lipinski definition) is 3. The number of hydrogen-bond donors (Lipinski definition) is 2. The normalized spacial score (nSPS) is 43.7. The van der Waals surface area contributed by atoms with Gasteiger partial charge in [0.25, 0.3) is 0 Å². The van der Waals surface area contributed by atoms with E-state index in [0.717, 1.165) is 37.7 Å². The van der Waals surface area contributed by atoms with Crippen molar-refractivity contribution < 1.29 is 14.9 Å². The van der Waals surface area contributed by atoms with E-state index >= 15 is 0 Å². The molecular weight excluding hydrogens is 372 g/mol. The molecule has 166 valence electrons. The first-order valence-electron chi connectivity index (χ1n) is 11.8. The molecule has 30 heavy (non-hydrogen) atoms. The Labute approximate surface area is 182 Å². The monoisotopic (exact) mass is 412 g/mol. The fraction of sp³-hybridized carbons (Fsp3) is 0.704. The predicted molar refractivity (Wildman–Crippen MR) is 121 cm³/mol. The standard InChI is InChI=1S/C27H40O3/c1-19(2)27(30-18-21-11-7-6-8-12-21)15-14-24(4)16-23-25(5,28)13-9-10-20(3)26(23,29)17-22(24)27/h6-8,10-12,19,22-23,28-29H,9,13-18H2,1-5H3/t22-,23-,24-,25+,26+,27-/m1/s1. The molecule has 2 fully saturated rings. The summed E-state index contributed by atoms with van der Waals surface area (Å²) in [5, 5.41) is 23.4. The second kappa shape index (κ2) is 7.46. The van der Waals surface area contributed by atoms with Crippen molar-refractivity contribution in [2.75, 3.05) is 0 Å². The summed E-state index contributed by atoms with van der Waals surface area (Å²) >= 11 is 0. The van der Waals surface area contributed by atoms with Crippen LogP contribution in [0.25, 0.3) is 0 Å². The Bertz CT molecular complexity index is 798. The Hall–Kier alpha value is -1.16. The van der Waals surface area contributed by atoms with Gasteiger partial charge in [-0.05, 0) is 80.8 Å². The number of allylic oxidation sites excluding steroid dienone is 1. The van der Waals surface area contributed by atoms with Gasteiger partial charge in [-0.1, -0.05) is 57.2 Å². The minimum Gasteiger partial charge on any atom is -0.390 e. The molecular formula is C27H40O3. The number of aliphatic hydroxyl groups is 2. The quantitative estimate of drug-likeness (QED) is 0.629. The first kappa shape index (κ1) is 22.0. The molecule has 0 bridgehead atoms. The molecule has 4 rings (SSSR count). The first-order chi connectivity index (χ1) is 14.0. The van der Waals surface area contributed by atoms with E-state index in [2.05, 4.69) is 58.0 Å². The van der Waals surface area contributed by atoms with Crippen LogP contribution in [0.3, 0.4) is 0 Å². The van der Waals surface area contributed by atoms with Crippen molar-refractivity contribution >= 4 is 0 Å². The maximum atomic E-state index is 12.1. The Morgan fingerprint density at radius 1 is 1.00 bits per heavy atom. The highest BCUT2D eigenvalue weighted by Crippen LogP contribution is 2.66. The van der Waals surface area contributed by atoms with Gasteiger partial charge in [0.1, 0.15) is 0 Å². The lowest BCUT2D eigenvalue weighted by molar-refractivity contribution is -0.198. The van der Waals surface area contributed by atoms with E-state index in [-0.39, 0.29) is 22.9 Å². The zero-order valence-electron chi connectivity index (χ0n) is 19.4.